The Bertz CT molecular complexity index is 748. The topological polar surface area (TPSA) is 114 Å². The summed E-state index contributed by atoms with van der Waals surface area (Å²) in [6.07, 6.45) is 0. The highest BCUT2D eigenvalue weighted by molar-refractivity contribution is 5.48. The summed E-state index contributed by atoms with van der Waals surface area (Å²) in [7, 11) is 1.42. The minimum absolute atomic E-state index is 0.0752. The molecule has 9 nitrogen and oxygen atoms in total. The lowest BCUT2D eigenvalue weighted by molar-refractivity contribution is -0.385. The van der Waals surface area contributed by atoms with E-state index in [2.05, 4.69) is 0 Å². The molecule has 0 N–H and O–H groups in total. The maximum Gasteiger partial charge on any atom is 0.273 e. The normalized spacial score (nSPS) is 10.0. The van der Waals surface area contributed by atoms with Crippen LogP contribution in [-0.4, -0.2) is 30.2 Å². The molecule has 0 radical (unpaired) electrons. The first-order valence-corrected chi connectivity index (χ1v) is 6.83. The van der Waals surface area contributed by atoms with Crippen LogP contribution < -0.4 is 14.2 Å². The second-order valence-corrected chi connectivity index (χ2v) is 4.54. The maximum absolute atomic E-state index is 10.8. The van der Waals surface area contributed by atoms with Crippen molar-refractivity contribution in [2.45, 2.75) is 0 Å². The number of ether oxygens (including phenoxy) is 3. The van der Waals surface area contributed by atoms with E-state index >= 15 is 0 Å². The Kier molecular flexibility index (Phi) is 5.50. The highest BCUT2D eigenvalue weighted by Crippen LogP contribution is 2.31. The molecule has 0 fully saturated rings. The van der Waals surface area contributed by atoms with Gasteiger partial charge in [-0.1, -0.05) is 6.07 Å². The van der Waals surface area contributed by atoms with E-state index in [-0.39, 0.29) is 30.3 Å². The monoisotopic (exact) mass is 334 g/mol. The van der Waals surface area contributed by atoms with E-state index in [1.807, 2.05) is 0 Å². The Balaban J connectivity index is 1.94. The molecule has 0 bridgehead atoms. The van der Waals surface area contributed by atoms with Crippen molar-refractivity contribution in [1.29, 1.82) is 0 Å². The molecule has 2 rings (SSSR count). The number of rotatable bonds is 8. The van der Waals surface area contributed by atoms with Gasteiger partial charge in [0.05, 0.1) is 29.1 Å². The Hall–Kier alpha value is -3.36. The van der Waals surface area contributed by atoms with Gasteiger partial charge in [-0.15, -0.1) is 0 Å². The van der Waals surface area contributed by atoms with Crippen LogP contribution in [0.3, 0.4) is 0 Å². The Morgan fingerprint density at radius 2 is 1.54 bits per heavy atom. The number of methoxy groups -OCH3 is 1. The van der Waals surface area contributed by atoms with Crippen molar-refractivity contribution in [2.75, 3.05) is 20.3 Å². The zero-order valence-corrected chi connectivity index (χ0v) is 12.7. The first kappa shape index (κ1) is 17.0. The van der Waals surface area contributed by atoms with Crippen LogP contribution in [0.5, 0.6) is 17.2 Å². The molecule has 0 saturated heterocycles. The molecule has 0 aliphatic heterocycles. The Morgan fingerprint density at radius 1 is 0.875 bits per heavy atom. The molecule has 2 aromatic carbocycles. The van der Waals surface area contributed by atoms with E-state index in [0.717, 1.165) is 0 Å². The largest absolute Gasteiger partial charge is 0.493 e. The third-order valence-electron chi connectivity index (χ3n) is 3.00. The van der Waals surface area contributed by atoms with Crippen LogP contribution in [0.1, 0.15) is 0 Å². The summed E-state index contributed by atoms with van der Waals surface area (Å²) in [4.78, 5) is 20.4. The first-order valence-electron chi connectivity index (χ1n) is 6.83. The van der Waals surface area contributed by atoms with Crippen molar-refractivity contribution in [1.82, 2.24) is 0 Å². The van der Waals surface area contributed by atoms with Crippen molar-refractivity contribution in [3.63, 3.8) is 0 Å². The third-order valence-corrected chi connectivity index (χ3v) is 3.00. The second kappa shape index (κ2) is 7.77. The molecule has 126 valence electrons. The van der Waals surface area contributed by atoms with Gasteiger partial charge in [0.25, 0.3) is 11.4 Å². The number of nitro benzene ring substituents is 2. The van der Waals surface area contributed by atoms with Gasteiger partial charge in [-0.05, 0) is 12.1 Å². The summed E-state index contributed by atoms with van der Waals surface area (Å²) < 4.78 is 15.9. The Morgan fingerprint density at radius 3 is 2.21 bits per heavy atom. The van der Waals surface area contributed by atoms with Crippen molar-refractivity contribution in [3.8, 4) is 17.2 Å². The predicted molar refractivity (Wildman–Crippen MR) is 83.7 cm³/mol. The number of benzene rings is 2. The van der Waals surface area contributed by atoms with Crippen LogP contribution in [0.4, 0.5) is 11.4 Å². The zero-order chi connectivity index (χ0) is 17.5. The Labute approximate surface area is 136 Å². The van der Waals surface area contributed by atoms with Gasteiger partial charge in [0.15, 0.2) is 11.5 Å². The number of non-ortho nitro benzene ring substituents is 2. The SMILES string of the molecule is COc1ccc([N+](=O)[O-])cc1OCCOc1cccc([N+](=O)[O-])c1. The van der Waals surface area contributed by atoms with Crippen LogP contribution in [-0.2, 0) is 0 Å². The summed E-state index contributed by atoms with van der Waals surface area (Å²) in [5, 5.41) is 21.5. The molecule has 0 unspecified atom stereocenters. The molecule has 24 heavy (non-hydrogen) atoms. The van der Waals surface area contributed by atoms with Crippen molar-refractivity contribution >= 4 is 11.4 Å². The highest BCUT2D eigenvalue weighted by Gasteiger charge is 2.12. The standard InChI is InChI=1S/C15H14N2O7/c1-22-14-6-5-12(17(20)21)10-15(14)24-8-7-23-13-4-2-3-11(9-13)16(18)19/h2-6,9-10H,7-8H2,1H3. The van der Waals surface area contributed by atoms with Gasteiger partial charge in [-0.3, -0.25) is 20.2 Å². The smallest absolute Gasteiger partial charge is 0.273 e. The molecular formula is C15H14N2O7. The lowest BCUT2D eigenvalue weighted by Crippen LogP contribution is -2.09. The van der Waals surface area contributed by atoms with Gasteiger partial charge in [0, 0.05) is 12.1 Å². The van der Waals surface area contributed by atoms with E-state index in [0.29, 0.717) is 11.5 Å². The quantitative estimate of drug-likeness (QED) is 0.414. The fraction of sp³-hybridized carbons (Fsp3) is 0.200. The minimum Gasteiger partial charge on any atom is -0.493 e. The highest BCUT2D eigenvalue weighted by atomic mass is 16.6. The molecule has 2 aromatic rings. The van der Waals surface area contributed by atoms with Crippen LogP contribution in [0.25, 0.3) is 0 Å². The van der Waals surface area contributed by atoms with E-state index < -0.39 is 9.85 Å². The zero-order valence-electron chi connectivity index (χ0n) is 12.7. The lowest BCUT2D eigenvalue weighted by Gasteiger charge is -2.11. The maximum atomic E-state index is 10.8. The van der Waals surface area contributed by atoms with Gasteiger partial charge in [-0.25, -0.2) is 0 Å². The number of nitro groups is 2. The van der Waals surface area contributed by atoms with Crippen LogP contribution >= 0.6 is 0 Å². The summed E-state index contributed by atoms with van der Waals surface area (Å²) in [6.45, 7) is 0.188. The summed E-state index contributed by atoms with van der Waals surface area (Å²) in [5.41, 5.74) is -0.195. The van der Waals surface area contributed by atoms with Crippen LogP contribution in [0.15, 0.2) is 42.5 Å². The molecule has 9 heteroatoms. The average molecular weight is 334 g/mol. The van der Waals surface area contributed by atoms with Crippen molar-refractivity contribution in [3.05, 3.63) is 62.7 Å². The van der Waals surface area contributed by atoms with Gasteiger partial charge in [0.2, 0.25) is 0 Å². The molecule has 0 spiro atoms. The van der Waals surface area contributed by atoms with Crippen LogP contribution in [0, 0.1) is 20.2 Å². The number of hydrogen-bond acceptors (Lipinski definition) is 7. The molecule has 0 amide bonds. The third kappa shape index (κ3) is 4.32. The molecule has 0 heterocycles. The van der Waals surface area contributed by atoms with Gasteiger partial charge < -0.3 is 14.2 Å². The molecule has 0 atom stereocenters. The predicted octanol–water partition coefficient (Wildman–Crippen LogP) is 2.97. The second-order valence-electron chi connectivity index (χ2n) is 4.54. The van der Waals surface area contributed by atoms with Crippen molar-refractivity contribution in [2.24, 2.45) is 0 Å². The van der Waals surface area contributed by atoms with E-state index in [4.69, 9.17) is 14.2 Å². The fourth-order valence-corrected chi connectivity index (χ4v) is 1.89. The van der Waals surface area contributed by atoms with Crippen LogP contribution in [0.2, 0.25) is 0 Å². The lowest BCUT2D eigenvalue weighted by atomic mass is 10.3. The minimum atomic E-state index is -0.536. The first-order chi connectivity index (χ1) is 11.5. The molecule has 0 aliphatic carbocycles. The summed E-state index contributed by atoms with van der Waals surface area (Å²) >= 11 is 0. The molecule has 0 aromatic heterocycles. The molecule has 0 aliphatic rings. The fourth-order valence-electron chi connectivity index (χ4n) is 1.89. The van der Waals surface area contributed by atoms with Crippen molar-refractivity contribution < 1.29 is 24.1 Å². The van der Waals surface area contributed by atoms with E-state index in [1.54, 1.807) is 6.07 Å². The molecular weight excluding hydrogens is 320 g/mol. The van der Waals surface area contributed by atoms with Gasteiger partial charge >= 0.3 is 0 Å². The average Bonchev–Trinajstić information content (AvgIpc) is 2.58. The molecule has 0 saturated carbocycles. The summed E-state index contributed by atoms with van der Waals surface area (Å²) in [6, 6.07) is 9.76. The number of hydrogen-bond donors (Lipinski definition) is 0. The van der Waals surface area contributed by atoms with Gasteiger partial charge in [-0.2, -0.15) is 0 Å². The number of nitrogens with zero attached hydrogens (tertiary/aromatic N) is 2. The summed E-state index contributed by atoms with van der Waals surface area (Å²) in [5.74, 6) is 0.907. The van der Waals surface area contributed by atoms with E-state index in [1.165, 1.54) is 43.5 Å². The van der Waals surface area contributed by atoms with Gasteiger partial charge in [0.1, 0.15) is 19.0 Å². The van der Waals surface area contributed by atoms with E-state index in [9.17, 15) is 20.2 Å².